The average molecular weight is 284 g/mol. The third kappa shape index (κ3) is 4.11. The molecule has 0 amide bonds. The molecular formula is C14H18ClNO3. The van der Waals surface area contributed by atoms with Gasteiger partial charge in [0.25, 0.3) is 0 Å². The summed E-state index contributed by atoms with van der Waals surface area (Å²) < 4.78 is 5.56. The van der Waals surface area contributed by atoms with Crippen LogP contribution in [0.4, 0.5) is 5.69 Å². The highest BCUT2D eigenvalue weighted by Gasteiger charge is 2.21. The van der Waals surface area contributed by atoms with E-state index in [1.807, 2.05) is 11.9 Å². The molecule has 0 aliphatic heterocycles. The molecule has 0 aromatic heterocycles. The number of carboxylic acids is 1. The van der Waals surface area contributed by atoms with Crippen LogP contribution in [0.15, 0.2) is 18.2 Å². The van der Waals surface area contributed by atoms with Crippen molar-refractivity contribution in [3.8, 4) is 0 Å². The average Bonchev–Trinajstić information content (AvgIpc) is 3.18. The van der Waals surface area contributed by atoms with E-state index in [9.17, 15) is 4.79 Å². The van der Waals surface area contributed by atoms with Crippen LogP contribution in [0.1, 0.15) is 23.2 Å². The number of ether oxygens (including phenoxy) is 1. The van der Waals surface area contributed by atoms with Gasteiger partial charge < -0.3 is 14.7 Å². The standard InChI is InChI=1S/C14H18ClNO3/c1-16(6-7-19-9-10-2-3-10)13-8-11(15)4-5-12(13)14(17)18/h4-5,8,10H,2-3,6-7,9H2,1H3,(H,17,18). The van der Waals surface area contributed by atoms with E-state index in [1.54, 1.807) is 12.1 Å². The summed E-state index contributed by atoms with van der Waals surface area (Å²) in [4.78, 5) is 13.0. The van der Waals surface area contributed by atoms with Gasteiger partial charge in [-0.1, -0.05) is 11.6 Å². The molecule has 0 saturated heterocycles. The molecule has 0 spiro atoms. The maximum absolute atomic E-state index is 11.2. The van der Waals surface area contributed by atoms with Gasteiger partial charge in [0.2, 0.25) is 0 Å². The van der Waals surface area contributed by atoms with Crippen LogP contribution < -0.4 is 4.90 Å². The zero-order chi connectivity index (χ0) is 13.8. The maximum atomic E-state index is 11.2. The summed E-state index contributed by atoms with van der Waals surface area (Å²) in [6.45, 7) is 2.06. The van der Waals surface area contributed by atoms with Crippen molar-refractivity contribution in [2.45, 2.75) is 12.8 Å². The molecule has 1 saturated carbocycles. The Kier molecular flexibility index (Phi) is 4.66. The monoisotopic (exact) mass is 283 g/mol. The molecule has 1 aromatic carbocycles. The Hall–Kier alpha value is -1.26. The number of likely N-dealkylation sites (N-methyl/N-ethyl adjacent to an activating group) is 1. The second kappa shape index (κ2) is 6.26. The summed E-state index contributed by atoms with van der Waals surface area (Å²) in [6, 6.07) is 4.79. The number of aromatic carboxylic acids is 1. The number of hydrogen-bond donors (Lipinski definition) is 1. The zero-order valence-corrected chi connectivity index (χ0v) is 11.7. The van der Waals surface area contributed by atoms with Gasteiger partial charge in [0.05, 0.1) is 17.9 Å². The maximum Gasteiger partial charge on any atom is 0.337 e. The van der Waals surface area contributed by atoms with E-state index >= 15 is 0 Å². The summed E-state index contributed by atoms with van der Waals surface area (Å²) >= 11 is 5.93. The first-order valence-electron chi connectivity index (χ1n) is 6.39. The minimum Gasteiger partial charge on any atom is -0.478 e. The van der Waals surface area contributed by atoms with Crippen molar-refractivity contribution in [2.75, 3.05) is 31.7 Å². The molecule has 1 aliphatic rings. The second-order valence-corrected chi connectivity index (χ2v) is 5.34. The quantitative estimate of drug-likeness (QED) is 0.782. The van der Waals surface area contributed by atoms with E-state index < -0.39 is 5.97 Å². The molecule has 0 atom stereocenters. The van der Waals surface area contributed by atoms with E-state index in [4.69, 9.17) is 21.4 Å². The number of hydrogen-bond acceptors (Lipinski definition) is 3. The molecular weight excluding hydrogens is 266 g/mol. The molecule has 0 heterocycles. The van der Waals surface area contributed by atoms with Crippen molar-refractivity contribution < 1.29 is 14.6 Å². The molecule has 0 bridgehead atoms. The van der Waals surface area contributed by atoms with Gasteiger partial charge in [-0.05, 0) is 37.0 Å². The number of halogens is 1. The van der Waals surface area contributed by atoms with Gasteiger partial charge in [-0.25, -0.2) is 4.79 Å². The van der Waals surface area contributed by atoms with E-state index in [2.05, 4.69) is 0 Å². The smallest absolute Gasteiger partial charge is 0.337 e. The third-order valence-corrected chi connectivity index (χ3v) is 3.46. The lowest BCUT2D eigenvalue weighted by Gasteiger charge is -2.21. The molecule has 1 aliphatic carbocycles. The first-order valence-corrected chi connectivity index (χ1v) is 6.77. The van der Waals surface area contributed by atoms with E-state index in [1.165, 1.54) is 18.9 Å². The third-order valence-electron chi connectivity index (χ3n) is 3.22. The van der Waals surface area contributed by atoms with Crippen LogP contribution in [-0.2, 0) is 4.74 Å². The molecule has 19 heavy (non-hydrogen) atoms. The Bertz CT molecular complexity index is 460. The van der Waals surface area contributed by atoms with Gasteiger partial charge >= 0.3 is 5.97 Å². The Morgan fingerprint density at radius 2 is 2.26 bits per heavy atom. The fourth-order valence-corrected chi connectivity index (χ4v) is 2.02. The first-order chi connectivity index (χ1) is 9.08. The number of benzene rings is 1. The highest BCUT2D eigenvalue weighted by Crippen LogP contribution is 2.29. The van der Waals surface area contributed by atoms with E-state index in [-0.39, 0.29) is 5.56 Å². The highest BCUT2D eigenvalue weighted by molar-refractivity contribution is 6.31. The van der Waals surface area contributed by atoms with Crippen LogP contribution in [0.2, 0.25) is 5.02 Å². The Morgan fingerprint density at radius 3 is 2.89 bits per heavy atom. The Labute approximate surface area is 117 Å². The van der Waals surface area contributed by atoms with Crippen LogP contribution in [0.5, 0.6) is 0 Å². The summed E-state index contributed by atoms with van der Waals surface area (Å²) in [5.74, 6) is -0.205. The summed E-state index contributed by atoms with van der Waals surface area (Å²) in [6.07, 6.45) is 2.54. The molecule has 0 unspecified atom stereocenters. The van der Waals surface area contributed by atoms with Gasteiger partial charge in [0.1, 0.15) is 0 Å². The number of carboxylic acid groups (broad SMARTS) is 1. The van der Waals surface area contributed by atoms with Gasteiger partial charge in [0.15, 0.2) is 0 Å². The predicted octanol–water partition coefficient (Wildman–Crippen LogP) is 2.90. The summed E-state index contributed by atoms with van der Waals surface area (Å²) in [5.41, 5.74) is 0.879. The van der Waals surface area contributed by atoms with Crippen LogP contribution in [-0.4, -0.2) is 37.9 Å². The SMILES string of the molecule is CN(CCOCC1CC1)c1cc(Cl)ccc1C(=O)O. The lowest BCUT2D eigenvalue weighted by Crippen LogP contribution is -2.24. The van der Waals surface area contributed by atoms with E-state index in [0.29, 0.717) is 23.9 Å². The Balaban J connectivity index is 1.93. The number of carbonyl (C=O) groups is 1. The fraction of sp³-hybridized carbons (Fsp3) is 0.500. The first kappa shape index (κ1) is 14.2. The highest BCUT2D eigenvalue weighted by atomic mass is 35.5. The lowest BCUT2D eigenvalue weighted by atomic mass is 10.1. The van der Waals surface area contributed by atoms with E-state index in [0.717, 1.165) is 12.5 Å². The largest absolute Gasteiger partial charge is 0.478 e. The van der Waals surface area contributed by atoms with Crippen molar-refractivity contribution in [1.82, 2.24) is 0 Å². The van der Waals surface area contributed by atoms with Crippen LogP contribution >= 0.6 is 11.6 Å². The molecule has 0 radical (unpaired) electrons. The van der Waals surface area contributed by atoms with Crippen molar-refractivity contribution in [3.63, 3.8) is 0 Å². The lowest BCUT2D eigenvalue weighted by molar-refractivity contribution is 0.0697. The number of nitrogens with zero attached hydrogens (tertiary/aromatic N) is 1. The normalized spacial score (nSPS) is 14.4. The second-order valence-electron chi connectivity index (χ2n) is 4.91. The molecule has 4 nitrogen and oxygen atoms in total. The number of anilines is 1. The minimum absolute atomic E-state index is 0.258. The van der Waals surface area contributed by atoms with Gasteiger partial charge in [-0.2, -0.15) is 0 Å². The molecule has 1 fully saturated rings. The van der Waals surface area contributed by atoms with Crippen LogP contribution in [0.25, 0.3) is 0 Å². The molecule has 104 valence electrons. The van der Waals surface area contributed by atoms with Crippen LogP contribution in [0.3, 0.4) is 0 Å². The van der Waals surface area contributed by atoms with Gasteiger partial charge in [-0.3, -0.25) is 0 Å². The molecule has 2 rings (SSSR count). The number of rotatable bonds is 7. The Morgan fingerprint density at radius 1 is 1.53 bits per heavy atom. The molecule has 1 aromatic rings. The van der Waals surface area contributed by atoms with Crippen molar-refractivity contribution in [2.24, 2.45) is 5.92 Å². The van der Waals surface area contributed by atoms with Crippen molar-refractivity contribution >= 4 is 23.3 Å². The summed E-state index contributed by atoms with van der Waals surface area (Å²) in [7, 11) is 1.85. The van der Waals surface area contributed by atoms with Gasteiger partial charge in [-0.15, -0.1) is 0 Å². The predicted molar refractivity (Wildman–Crippen MR) is 75.2 cm³/mol. The van der Waals surface area contributed by atoms with Crippen molar-refractivity contribution in [3.05, 3.63) is 28.8 Å². The van der Waals surface area contributed by atoms with Gasteiger partial charge in [0, 0.05) is 25.2 Å². The van der Waals surface area contributed by atoms with Crippen molar-refractivity contribution in [1.29, 1.82) is 0 Å². The van der Waals surface area contributed by atoms with Crippen LogP contribution in [0, 0.1) is 5.92 Å². The fourth-order valence-electron chi connectivity index (χ4n) is 1.86. The topological polar surface area (TPSA) is 49.8 Å². The summed E-state index contributed by atoms with van der Waals surface area (Å²) in [5, 5.41) is 9.69. The minimum atomic E-state index is -0.947. The zero-order valence-electron chi connectivity index (χ0n) is 10.9. The molecule has 1 N–H and O–H groups in total. The molecule has 5 heteroatoms.